The minimum atomic E-state index is -0.165. The number of nitrogens with one attached hydrogen (secondary N) is 1. The van der Waals surface area contributed by atoms with E-state index in [1.54, 1.807) is 19.5 Å². The summed E-state index contributed by atoms with van der Waals surface area (Å²) in [5.74, 6) is 0.364. The molecule has 5 nitrogen and oxygen atoms in total. The van der Waals surface area contributed by atoms with Crippen molar-refractivity contribution in [2.45, 2.75) is 13.3 Å². The number of aryl methyl sites for hydroxylation is 1. The predicted molar refractivity (Wildman–Crippen MR) is 56.0 cm³/mol. The number of carbonyl (C=O) groups excluding carboxylic acids is 1. The van der Waals surface area contributed by atoms with Crippen molar-refractivity contribution in [3.63, 3.8) is 0 Å². The molecular weight excluding hydrogens is 208 g/mol. The molecule has 1 amide bonds. The molecule has 0 spiro atoms. The SMILES string of the molecule is Cc1oncc1C(=O)NCCc1ccoc1. The Kier molecular flexibility index (Phi) is 3.05. The Balaban J connectivity index is 1.83. The third kappa shape index (κ3) is 2.31. The van der Waals surface area contributed by atoms with E-state index in [1.165, 1.54) is 6.20 Å². The standard InChI is InChI=1S/C11H12N2O3/c1-8-10(6-13-16-8)11(14)12-4-2-9-3-5-15-7-9/h3,5-7H,2,4H2,1H3,(H,12,14). The molecule has 84 valence electrons. The van der Waals surface area contributed by atoms with E-state index >= 15 is 0 Å². The van der Waals surface area contributed by atoms with E-state index in [0.29, 0.717) is 17.9 Å². The monoisotopic (exact) mass is 220 g/mol. The van der Waals surface area contributed by atoms with Crippen molar-refractivity contribution in [2.75, 3.05) is 6.54 Å². The highest BCUT2D eigenvalue weighted by atomic mass is 16.5. The van der Waals surface area contributed by atoms with E-state index in [1.807, 2.05) is 6.07 Å². The third-order valence-corrected chi connectivity index (χ3v) is 2.27. The maximum atomic E-state index is 11.6. The number of aromatic nitrogens is 1. The van der Waals surface area contributed by atoms with Crippen LogP contribution in [-0.2, 0) is 6.42 Å². The first-order chi connectivity index (χ1) is 7.77. The molecule has 0 fully saturated rings. The molecule has 2 rings (SSSR count). The van der Waals surface area contributed by atoms with Crippen molar-refractivity contribution in [1.82, 2.24) is 10.5 Å². The zero-order valence-corrected chi connectivity index (χ0v) is 8.90. The first kappa shape index (κ1) is 10.5. The molecule has 0 radical (unpaired) electrons. The van der Waals surface area contributed by atoms with Crippen LogP contribution in [0.1, 0.15) is 21.7 Å². The molecule has 0 aliphatic heterocycles. The molecule has 5 heteroatoms. The van der Waals surface area contributed by atoms with Gasteiger partial charge in [0.2, 0.25) is 0 Å². The highest BCUT2D eigenvalue weighted by Crippen LogP contribution is 2.05. The minimum absolute atomic E-state index is 0.165. The summed E-state index contributed by atoms with van der Waals surface area (Å²) >= 11 is 0. The molecule has 2 heterocycles. The second-order valence-electron chi connectivity index (χ2n) is 3.43. The average Bonchev–Trinajstić information content (AvgIpc) is 2.88. The molecule has 0 aliphatic rings. The maximum absolute atomic E-state index is 11.6. The molecule has 2 aromatic rings. The number of amides is 1. The topological polar surface area (TPSA) is 68.3 Å². The predicted octanol–water partition coefficient (Wildman–Crippen LogP) is 1.55. The molecule has 0 unspecified atom stereocenters. The Morgan fingerprint density at radius 1 is 1.56 bits per heavy atom. The van der Waals surface area contributed by atoms with Gasteiger partial charge in [-0.25, -0.2) is 0 Å². The Morgan fingerprint density at radius 3 is 3.06 bits per heavy atom. The number of carbonyl (C=O) groups is 1. The fraction of sp³-hybridized carbons (Fsp3) is 0.273. The lowest BCUT2D eigenvalue weighted by molar-refractivity contribution is 0.0952. The summed E-state index contributed by atoms with van der Waals surface area (Å²) in [6.07, 6.45) is 5.44. The molecule has 0 bridgehead atoms. The normalized spacial score (nSPS) is 10.3. The van der Waals surface area contributed by atoms with Crippen LogP contribution in [-0.4, -0.2) is 17.6 Å². The lowest BCUT2D eigenvalue weighted by Gasteiger charge is -2.01. The van der Waals surface area contributed by atoms with Crippen LogP contribution in [0.15, 0.2) is 33.7 Å². The minimum Gasteiger partial charge on any atom is -0.472 e. The van der Waals surface area contributed by atoms with Crippen molar-refractivity contribution in [3.05, 3.63) is 41.7 Å². The van der Waals surface area contributed by atoms with E-state index in [2.05, 4.69) is 10.5 Å². The molecule has 0 saturated carbocycles. The first-order valence-electron chi connectivity index (χ1n) is 4.98. The van der Waals surface area contributed by atoms with Crippen LogP contribution in [0.3, 0.4) is 0 Å². The van der Waals surface area contributed by atoms with Crippen LogP contribution in [0, 0.1) is 6.92 Å². The molecule has 1 N–H and O–H groups in total. The molecule has 2 aromatic heterocycles. The van der Waals surface area contributed by atoms with Crippen LogP contribution >= 0.6 is 0 Å². The number of hydrogen-bond donors (Lipinski definition) is 1. The second kappa shape index (κ2) is 4.65. The van der Waals surface area contributed by atoms with Gasteiger partial charge in [0.15, 0.2) is 0 Å². The van der Waals surface area contributed by atoms with Gasteiger partial charge >= 0.3 is 0 Å². The number of nitrogens with zero attached hydrogens (tertiary/aromatic N) is 1. The zero-order chi connectivity index (χ0) is 11.4. The Bertz CT molecular complexity index is 459. The quantitative estimate of drug-likeness (QED) is 0.848. The lowest BCUT2D eigenvalue weighted by atomic mass is 10.2. The summed E-state index contributed by atoms with van der Waals surface area (Å²) in [5, 5.41) is 6.33. The van der Waals surface area contributed by atoms with Gasteiger partial charge < -0.3 is 14.3 Å². The Morgan fingerprint density at radius 2 is 2.44 bits per heavy atom. The maximum Gasteiger partial charge on any atom is 0.256 e. The highest BCUT2D eigenvalue weighted by Gasteiger charge is 2.11. The molecule has 16 heavy (non-hydrogen) atoms. The van der Waals surface area contributed by atoms with E-state index in [0.717, 1.165) is 12.0 Å². The summed E-state index contributed by atoms with van der Waals surface area (Å²) in [4.78, 5) is 11.6. The smallest absolute Gasteiger partial charge is 0.256 e. The number of rotatable bonds is 4. The highest BCUT2D eigenvalue weighted by molar-refractivity contribution is 5.94. The molecular formula is C11H12N2O3. The fourth-order valence-electron chi connectivity index (χ4n) is 1.37. The summed E-state index contributed by atoms with van der Waals surface area (Å²) in [6, 6.07) is 1.87. The van der Waals surface area contributed by atoms with Crippen molar-refractivity contribution in [3.8, 4) is 0 Å². The first-order valence-corrected chi connectivity index (χ1v) is 4.98. The second-order valence-corrected chi connectivity index (χ2v) is 3.43. The third-order valence-electron chi connectivity index (χ3n) is 2.27. The summed E-state index contributed by atoms with van der Waals surface area (Å²) in [6.45, 7) is 2.26. The summed E-state index contributed by atoms with van der Waals surface area (Å²) in [7, 11) is 0. The van der Waals surface area contributed by atoms with Crippen LogP contribution in [0.4, 0.5) is 0 Å². The summed E-state index contributed by atoms with van der Waals surface area (Å²) in [5.41, 5.74) is 1.54. The molecule has 0 aromatic carbocycles. The van der Waals surface area contributed by atoms with Crippen LogP contribution in [0.2, 0.25) is 0 Å². The fourth-order valence-corrected chi connectivity index (χ4v) is 1.37. The van der Waals surface area contributed by atoms with Gasteiger partial charge in [-0.05, 0) is 25.0 Å². The largest absolute Gasteiger partial charge is 0.472 e. The van der Waals surface area contributed by atoms with Crippen LogP contribution in [0.5, 0.6) is 0 Å². The number of furan rings is 1. The van der Waals surface area contributed by atoms with Gasteiger partial charge in [0.25, 0.3) is 5.91 Å². The Labute approximate surface area is 92.4 Å². The summed E-state index contributed by atoms with van der Waals surface area (Å²) < 4.78 is 9.74. The van der Waals surface area contributed by atoms with Crippen molar-refractivity contribution >= 4 is 5.91 Å². The van der Waals surface area contributed by atoms with Gasteiger partial charge in [0, 0.05) is 6.54 Å². The van der Waals surface area contributed by atoms with Crippen molar-refractivity contribution in [1.29, 1.82) is 0 Å². The van der Waals surface area contributed by atoms with Gasteiger partial charge in [-0.15, -0.1) is 0 Å². The van der Waals surface area contributed by atoms with E-state index in [9.17, 15) is 4.79 Å². The number of hydrogen-bond acceptors (Lipinski definition) is 4. The molecule has 0 aliphatic carbocycles. The van der Waals surface area contributed by atoms with Gasteiger partial charge in [0.1, 0.15) is 11.3 Å². The van der Waals surface area contributed by atoms with Crippen LogP contribution in [0.25, 0.3) is 0 Å². The van der Waals surface area contributed by atoms with Crippen LogP contribution < -0.4 is 5.32 Å². The van der Waals surface area contributed by atoms with E-state index in [-0.39, 0.29) is 5.91 Å². The van der Waals surface area contributed by atoms with Crippen molar-refractivity contribution < 1.29 is 13.7 Å². The molecule has 0 atom stereocenters. The van der Waals surface area contributed by atoms with Gasteiger partial charge in [-0.2, -0.15) is 0 Å². The van der Waals surface area contributed by atoms with E-state index < -0.39 is 0 Å². The van der Waals surface area contributed by atoms with Gasteiger partial charge in [-0.3, -0.25) is 4.79 Å². The van der Waals surface area contributed by atoms with Crippen molar-refractivity contribution in [2.24, 2.45) is 0 Å². The van der Waals surface area contributed by atoms with Gasteiger partial charge in [-0.1, -0.05) is 5.16 Å². The lowest BCUT2D eigenvalue weighted by Crippen LogP contribution is -2.25. The van der Waals surface area contributed by atoms with Gasteiger partial charge in [0.05, 0.1) is 18.7 Å². The Hall–Kier alpha value is -2.04. The molecule has 0 saturated heterocycles. The van der Waals surface area contributed by atoms with E-state index in [4.69, 9.17) is 8.94 Å². The zero-order valence-electron chi connectivity index (χ0n) is 8.90. The average molecular weight is 220 g/mol.